The lowest BCUT2D eigenvalue weighted by Crippen LogP contribution is -2.42. The Balaban J connectivity index is 4.49. The summed E-state index contributed by atoms with van der Waals surface area (Å²) in [7, 11) is 0. The summed E-state index contributed by atoms with van der Waals surface area (Å²) >= 11 is 0. The Morgan fingerprint density at radius 1 is 1.73 bits per heavy atom. The van der Waals surface area contributed by atoms with Crippen molar-refractivity contribution < 1.29 is 24.9 Å². The fourth-order valence-electron chi connectivity index (χ4n) is 0.470. The van der Waals surface area contributed by atoms with E-state index >= 15 is 0 Å². The third kappa shape index (κ3) is 1.99. The molecule has 0 amide bonds. The van der Waals surface area contributed by atoms with Gasteiger partial charge in [-0.3, -0.25) is 0 Å². The number of aldehydes is 1. The third-order valence-electron chi connectivity index (χ3n) is 1.47. The first kappa shape index (κ1) is 10.1. The fourth-order valence-corrected chi connectivity index (χ4v) is 0.470. The van der Waals surface area contributed by atoms with Crippen LogP contribution in [-0.4, -0.2) is 40.3 Å². The summed E-state index contributed by atoms with van der Waals surface area (Å²) in [4.78, 5) is 20.4. The molecule has 0 fully saturated rings. The molecular weight excluding hydrogens is 152 g/mol. The molecule has 5 nitrogen and oxygen atoms in total. The lowest BCUT2D eigenvalue weighted by molar-refractivity contribution is -0.158. The van der Waals surface area contributed by atoms with Crippen molar-refractivity contribution in [2.75, 3.05) is 6.61 Å². The zero-order valence-corrected chi connectivity index (χ0v) is 6.02. The van der Waals surface area contributed by atoms with Crippen molar-refractivity contribution in [1.82, 2.24) is 0 Å². The summed E-state index contributed by atoms with van der Waals surface area (Å²) in [5, 5.41) is 25.7. The van der Waals surface area contributed by atoms with Crippen molar-refractivity contribution in [2.24, 2.45) is 5.41 Å². The highest BCUT2D eigenvalue weighted by molar-refractivity contribution is 5.79. The molecule has 0 bridgehead atoms. The molecule has 0 aliphatic heterocycles. The number of aliphatic hydroxyl groups is 2. The monoisotopic (exact) mass is 162 g/mol. The average molecular weight is 162 g/mol. The molecule has 11 heavy (non-hydrogen) atoms. The molecule has 2 atom stereocenters. The topological polar surface area (TPSA) is 94.8 Å². The Kier molecular flexibility index (Phi) is 3.16. The van der Waals surface area contributed by atoms with Crippen LogP contribution in [0.5, 0.6) is 0 Å². The number of aliphatic carboxylic acids is 1. The molecule has 0 spiro atoms. The van der Waals surface area contributed by atoms with Crippen LogP contribution in [0.2, 0.25) is 0 Å². The highest BCUT2D eigenvalue weighted by Gasteiger charge is 2.37. The summed E-state index contributed by atoms with van der Waals surface area (Å²) in [6.45, 7) is 0.475. The molecule has 64 valence electrons. The number of hydrogen-bond donors (Lipinski definition) is 3. The van der Waals surface area contributed by atoms with Crippen molar-refractivity contribution >= 4 is 12.3 Å². The molecule has 3 N–H and O–H groups in total. The van der Waals surface area contributed by atoms with Gasteiger partial charge in [0.05, 0.1) is 12.0 Å². The number of carbonyl (C=O) groups is 2. The summed E-state index contributed by atoms with van der Waals surface area (Å²) in [5.41, 5.74) is -1.61. The van der Waals surface area contributed by atoms with Crippen LogP contribution in [0.25, 0.3) is 0 Å². The van der Waals surface area contributed by atoms with Crippen LogP contribution in [-0.2, 0) is 9.59 Å². The minimum atomic E-state index is -1.86. The van der Waals surface area contributed by atoms with E-state index in [9.17, 15) is 9.59 Å². The van der Waals surface area contributed by atoms with Gasteiger partial charge in [0.1, 0.15) is 6.29 Å². The fraction of sp³-hybridized carbons (Fsp3) is 0.667. The molecule has 0 aliphatic rings. The van der Waals surface area contributed by atoms with Gasteiger partial charge in [0.25, 0.3) is 0 Å². The highest BCUT2D eigenvalue weighted by atomic mass is 16.4. The molecule has 0 aliphatic carbocycles. The summed E-state index contributed by atoms with van der Waals surface area (Å²) < 4.78 is 0. The lowest BCUT2D eigenvalue weighted by atomic mass is 9.87. The first-order valence-electron chi connectivity index (χ1n) is 2.96. The van der Waals surface area contributed by atoms with Crippen LogP contribution in [0, 0.1) is 5.41 Å². The van der Waals surface area contributed by atoms with E-state index in [0.29, 0.717) is 0 Å². The first-order valence-corrected chi connectivity index (χ1v) is 2.96. The minimum Gasteiger partial charge on any atom is -0.479 e. The molecule has 5 heteroatoms. The van der Waals surface area contributed by atoms with Crippen molar-refractivity contribution in [3.63, 3.8) is 0 Å². The van der Waals surface area contributed by atoms with E-state index in [1.54, 1.807) is 0 Å². The second-order valence-electron chi connectivity index (χ2n) is 2.52. The Morgan fingerprint density at radius 2 is 2.18 bits per heavy atom. The number of carboxylic acids is 1. The Labute approximate surface area is 63.3 Å². The van der Waals surface area contributed by atoms with Crippen molar-refractivity contribution in [3.8, 4) is 0 Å². The largest absolute Gasteiger partial charge is 0.479 e. The Bertz CT molecular complexity index is 166. The number of hydrogen-bond acceptors (Lipinski definition) is 4. The molecule has 0 aromatic rings. The van der Waals surface area contributed by atoms with Gasteiger partial charge in [0.15, 0.2) is 6.10 Å². The van der Waals surface area contributed by atoms with Crippen LogP contribution < -0.4 is 0 Å². The van der Waals surface area contributed by atoms with Gasteiger partial charge >= 0.3 is 5.97 Å². The van der Waals surface area contributed by atoms with Gasteiger partial charge in [-0.1, -0.05) is 0 Å². The van der Waals surface area contributed by atoms with Crippen LogP contribution in [0.4, 0.5) is 0 Å². The van der Waals surface area contributed by atoms with Gasteiger partial charge < -0.3 is 20.1 Å². The van der Waals surface area contributed by atoms with Crippen molar-refractivity contribution in [2.45, 2.75) is 13.0 Å². The minimum absolute atomic E-state index is 0.228. The molecule has 1 unspecified atom stereocenters. The molecule has 0 heterocycles. The van der Waals surface area contributed by atoms with Crippen LogP contribution in [0.3, 0.4) is 0 Å². The lowest BCUT2D eigenvalue weighted by Gasteiger charge is -2.22. The van der Waals surface area contributed by atoms with Crippen molar-refractivity contribution in [1.29, 1.82) is 0 Å². The van der Waals surface area contributed by atoms with E-state index < -0.39 is 24.1 Å². The predicted molar refractivity (Wildman–Crippen MR) is 34.9 cm³/mol. The van der Waals surface area contributed by atoms with E-state index in [1.165, 1.54) is 6.92 Å². The van der Waals surface area contributed by atoms with E-state index in [2.05, 4.69) is 0 Å². The van der Waals surface area contributed by atoms with E-state index in [4.69, 9.17) is 15.3 Å². The van der Waals surface area contributed by atoms with Crippen LogP contribution in [0.1, 0.15) is 6.92 Å². The van der Waals surface area contributed by atoms with Gasteiger partial charge in [-0.05, 0) is 6.92 Å². The normalized spacial score (nSPS) is 18.5. The number of aliphatic hydroxyl groups excluding tert-OH is 2. The number of carbonyl (C=O) groups excluding carboxylic acids is 1. The maximum atomic E-state index is 10.2. The SMILES string of the molecule is CC(C=O)(CO)[C@@H](O)C(=O)O. The van der Waals surface area contributed by atoms with Gasteiger partial charge in [0.2, 0.25) is 0 Å². The molecule has 0 saturated heterocycles. The molecule has 0 radical (unpaired) electrons. The van der Waals surface area contributed by atoms with Crippen molar-refractivity contribution in [3.05, 3.63) is 0 Å². The van der Waals surface area contributed by atoms with E-state index in [1.807, 2.05) is 0 Å². The molecule has 0 rings (SSSR count). The van der Waals surface area contributed by atoms with Gasteiger partial charge in [-0.15, -0.1) is 0 Å². The maximum Gasteiger partial charge on any atom is 0.333 e. The summed E-state index contributed by atoms with van der Waals surface area (Å²) in [6, 6.07) is 0. The second-order valence-corrected chi connectivity index (χ2v) is 2.52. The molecule has 0 saturated carbocycles. The van der Waals surface area contributed by atoms with Gasteiger partial charge in [0, 0.05) is 0 Å². The smallest absolute Gasteiger partial charge is 0.333 e. The van der Waals surface area contributed by atoms with Crippen LogP contribution >= 0.6 is 0 Å². The zero-order valence-electron chi connectivity index (χ0n) is 6.02. The van der Waals surface area contributed by atoms with E-state index in [-0.39, 0.29) is 6.29 Å². The summed E-state index contributed by atoms with van der Waals surface area (Å²) in [5.74, 6) is -1.52. The molecule has 0 aromatic carbocycles. The standard InChI is InChI=1S/C6H10O5/c1-6(2-7,3-8)4(9)5(10)11/h2,4,8-9H,3H2,1H3,(H,10,11)/t4-,6?/m0/s1. The quantitative estimate of drug-likeness (QED) is 0.443. The first-order chi connectivity index (χ1) is 4.98. The predicted octanol–water partition coefficient (Wildman–Crippen LogP) is -1.37. The zero-order chi connectivity index (χ0) is 9.07. The van der Waals surface area contributed by atoms with Gasteiger partial charge in [-0.2, -0.15) is 0 Å². The third-order valence-corrected chi connectivity index (χ3v) is 1.47. The maximum absolute atomic E-state index is 10.2. The Hall–Kier alpha value is -0.940. The van der Waals surface area contributed by atoms with Gasteiger partial charge in [-0.25, -0.2) is 4.79 Å². The van der Waals surface area contributed by atoms with E-state index in [0.717, 1.165) is 0 Å². The summed E-state index contributed by atoms with van der Waals surface area (Å²) in [6.07, 6.45) is -1.63. The number of carboxylic acid groups (broad SMARTS) is 1. The average Bonchev–Trinajstić information content (AvgIpc) is 2.01. The number of rotatable bonds is 4. The highest BCUT2D eigenvalue weighted by Crippen LogP contribution is 2.17. The molecular formula is C6H10O5. The van der Waals surface area contributed by atoms with Crippen LogP contribution in [0.15, 0.2) is 0 Å². The second kappa shape index (κ2) is 3.45. The molecule has 0 aromatic heterocycles. The Morgan fingerprint density at radius 3 is 2.27 bits per heavy atom.